The zero-order valence-corrected chi connectivity index (χ0v) is 11.1. The Morgan fingerprint density at radius 1 is 1.53 bits per heavy atom. The molecule has 1 amide bonds. The average Bonchev–Trinajstić information content (AvgIpc) is 2.40. The molecular weight excluding hydrogens is 240 g/mol. The largest absolute Gasteiger partial charge is 0.384 e. The van der Waals surface area contributed by atoms with E-state index in [1.54, 1.807) is 12.3 Å². The summed E-state index contributed by atoms with van der Waals surface area (Å²) in [5.74, 6) is 5.16. The minimum atomic E-state index is -0.200. The van der Waals surface area contributed by atoms with Crippen LogP contribution in [0.3, 0.4) is 0 Å². The number of aliphatic hydroxyl groups excluding tert-OH is 1. The van der Waals surface area contributed by atoms with E-state index in [1.807, 2.05) is 0 Å². The molecule has 0 bridgehead atoms. The molecule has 1 aliphatic rings. The van der Waals surface area contributed by atoms with Crippen LogP contribution in [-0.4, -0.2) is 29.1 Å². The van der Waals surface area contributed by atoms with Crippen molar-refractivity contribution in [3.8, 4) is 11.8 Å². The van der Waals surface area contributed by atoms with Crippen LogP contribution in [0, 0.1) is 17.3 Å². The third-order valence-corrected chi connectivity index (χ3v) is 3.55. The highest BCUT2D eigenvalue weighted by Gasteiger charge is 2.31. The lowest BCUT2D eigenvalue weighted by Crippen LogP contribution is -2.39. The smallest absolute Gasteiger partial charge is 0.252 e. The molecule has 0 radical (unpaired) electrons. The second kappa shape index (κ2) is 5.85. The number of amides is 1. The third-order valence-electron chi connectivity index (χ3n) is 3.55. The second-order valence-corrected chi connectivity index (χ2v) is 5.27. The van der Waals surface area contributed by atoms with Gasteiger partial charge in [0.1, 0.15) is 6.61 Å². The van der Waals surface area contributed by atoms with Crippen LogP contribution in [-0.2, 0) is 0 Å². The molecule has 1 heterocycles. The summed E-state index contributed by atoms with van der Waals surface area (Å²) in [4.78, 5) is 16.0. The Morgan fingerprint density at radius 2 is 2.32 bits per heavy atom. The molecule has 0 saturated heterocycles. The molecule has 0 spiro atoms. The van der Waals surface area contributed by atoms with E-state index in [9.17, 15) is 4.79 Å². The highest BCUT2D eigenvalue weighted by atomic mass is 16.2. The number of carbonyl (C=O) groups excluding carboxylic acids is 1. The van der Waals surface area contributed by atoms with Crippen LogP contribution < -0.4 is 5.32 Å². The Hall–Kier alpha value is -1.86. The summed E-state index contributed by atoms with van der Waals surface area (Å²) in [5.41, 5.74) is 1.40. The number of carbonyl (C=O) groups is 1. The second-order valence-electron chi connectivity index (χ2n) is 5.27. The summed E-state index contributed by atoms with van der Waals surface area (Å²) in [6, 6.07) is 1.69. The zero-order valence-electron chi connectivity index (χ0n) is 11.1. The summed E-state index contributed by atoms with van der Waals surface area (Å²) in [6.45, 7) is 2.70. The number of rotatable bonds is 3. The SMILES string of the molecule is CC1(CNC(=O)c2cncc(C#CCO)c2)CCC1. The lowest BCUT2D eigenvalue weighted by Gasteiger charge is -2.38. The summed E-state index contributed by atoms with van der Waals surface area (Å²) in [7, 11) is 0. The van der Waals surface area contributed by atoms with Crippen LogP contribution in [0.15, 0.2) is 18.5 Å². The highest BCUT2D eigenvalue weighted by molar-refractivity contribution is 5.94. The van der Waals surface area contributed by atoms with Crippen LogP contribution in [0.5, 0.6) is 0 Å². The number of nitrogens with one attached hydrogen (secondary N) is 1. The molecule has 0 unspecified atom stereocenters. The van der Waals surface area contributed by atoms with Crippen molar-refractivity contribution in [3.05, 3.63) is 29.6 Å². The topological polar surface area (TPSA) is 62.2 Å². The quantitative estimate of drug-likeness (QED) is 0.804. The average molecular weight is 258 g/mol. The fourth-order valence-electron chi connectivity index (χ4n) is 2.13. The predicted molar refractivity (Wildman–Crippen MR) is 72.5 cm³/mol. The van der Waals surface area contributed by atoms with Gasteiger partial charge in [-0.05, 0) is 24.3 Å². The first-order chi connectivity index (χ1) is 9.13. The Morgan fingerprint density at radius 3 is 2.95 bits per heavy atom. The van der Waals surface area contributed by atoms with E-state index >= 15 is 0 Å². The van der Waals surface area contributed by atoms with E-state index in [4.69, 9.17) is 5.11 Å². The van der Waals surface area contributed by atoms with Gasteiger partial charge in [0.05, 0.1) is 5.56 Å². The molecule has 0 aromatic carbocycles. The minimum absolute atomic E-state index is 0.117. The van der Waals surface area contributed by atoms with E-state index in [-0.39, 0.29) is 17.9 Å². The maximum atomic E-state index is 12.0. The molecule has 1 aromatic heterocycles. The molecule has 2 N–H and O–H groups in total. The van der Waals surface area contributed by atoms with E-state index in [2.05, 4.69) is 29.1 Å². The Kier molecular flexibility index (Phi) is 4.18. The van der Waals surface area contributed by atoms with Gasteiger partial charge in [-0.2, -0.15) is 0 Å². The zero-order chi connectivity index (χ0) is 13.7. The van der Waals surface area contributed by atoms with Crippen LogP contribution in [0.4, 0.5) is 0 Å². The Bertz CT molecular complexity index is 524. The van der Waals surface area contributed by atoms with Crippen molar-refractivity contribution >= 4 is 5.91 Å². The molecular formula is C15H18N2O2. The van der Waals surface area contributed by atoms with Gasteiger partial charge in [0, 0.05) is 24.5 Å². The molecule has 1 saturated carbocycles. The number of nitrogens with zero attached hydrogens (tertiary/aromatic N) is 1. The van der Waals surface area contributed by atoms with Crippen molar-refractivity contribution in [1.82, 2.24) is 10.3 Å². The van der Waals surface area contributed by atoms with Gasteiger partial charge >= 0.3 is 0 Å². The van der Waals surface area contributed by atoms with Crippen molar-refractivity contribution in [2.24, 2.45) is 5.41 Å². The highest BCUT2D eigenvalue weighted by Crippen LogP contribution is 2.39. The number of aromatic nitrogens is 1. The predicted octanol–water partition coefficient (Wildman–Crippen LogP) is 1.35. The van der Waals surface area contributed by atoms with E-state index in [0.717, 1.165) is 0 Å². The summed E-state index contributed by atoms with van der Waals surface area (Å²) >= 11 is 0. The molecule has 19 heavy (non-hydrogen) atoms. The molecule has 4 heteroatoms. The molecule has 2 rings (SSSR count). The van der Waals surface area contributed by atoms with Crippen molar-refractivity contribution in [1.29, 1.82) is 0 Å². The van der Waals surface area contributed by atoms with Crippen LogP contribution in [0.2, 0.25) is 0 Å². The standard InChI is InChI=1S/C15H18N2O2/c1-15(5-3-6-15)11-17-14(19)13-8-12(4-2-7-18)9-16-10-13/h8-10,18H,3,5-7,11H2,1H3,(H,17,19). The maximum Gasteiger partial charge on any atom is 0.252 e. The number of aliphatic hydroxyl groups is 1. The van der Waals surface area contributed by atoms with E-state index in [0.29, 0.717) is 17.7 Å². The first kappa shape index (κ1) is 13.6. The summed E-state index contributed by atoms with van der Waals surface area (Å²) in [6.07, 6.45) is 6.70. The van der Waals surface area contributed by atoms with Gasteiger partial charge in [0.25, 0.3) is 5.91 Å². The Balaban J connectivity index is 1.98. The van der Waals surface area contributed by atoms with Gasteiger partial charge in [-0.1, -0.05) is 25.2 Å². The van der Waals surface area contributed by atoms with Crippen LogP contribution in [0.25, 0.3) is 0 Å². The summed E-state index contributed by atoms with van der Waals surface area (Å²) in [5, 5.41) is 11.6. The maximum absolute atomic E-state index is 12.0. The molecule has 1 aromatic rings. The molecule has 1 fully saturated rings. The van der Waals surface area contributed by atoms with Gasteiger partial charge in [-0.15, -0.1) is 0 Å². The molecule has 4 nitrogen and oxygen atoms in total. The van der Waals surface area contributed by atoms with Gasteiger partial charge in [0.2, 0.25) is 0 Å². The number of hydrogen-bond acceptors (Lipinski definition) is 3. The van der Waals surface area contributed by atoms with Gasteiger partial charge < -0.3 is 10.4 Å². The molecule has 0 aliphatic heterocycles. The van der Waals surface area contributed by atoms with Crippen LogP contribution in [0.1, 0.15) is 42.1 Å². The molecule has 1 aliphatic carbocycles. The minimum Gasteiger partial charge on any atom is -0.384 e. The fourth-order valence-corrected chi connectivity index (χ4v) is 2.13. The third kappa shape index (κ3) is 3.55. The Labute approximate surface area is 113 Å². The van der Waals surface area contributed by atoms with Gasteiger partial charge in [-0.25, -0.2) is 0 Å². The van der Waals surface area contributed by atoms with Crippen molar-refractivity contribution < 1.29 is 9.90 Å². The first-order valence-electron chi connectivity index (χ1n) is 6.46. The van der Waals surface area contributed by atoms with Crippen LogP contribution >= 0.6 is 0 Å². The number of pyridine rings is 1. The lowest BCUT2D eigenvalue weighted by atomic mass is 9.70. The number of hydrogen-bond donors (Lipinski definition) is 2. The molecule has 0 atom stereocenters. The van der Waals surface area contributed by atoms with E-state index < -0.39 is 0 Å². The van der Waals surface area contributed by atoms with E-state index in [1.165, 1.54) is 25.5 Å². The first-order valence-corrected chi connectivity index (χ1v) is 6.46. The summed E-state index contributed by atoms with van der Waals surface area (Å²) < 4.78 is 0. The van der Waals surface area contributed by atoms with Crippen molar-refractivity contribution in [2.75, 3.05) is 13.2 Å². The van der Waals surface area contributed by atoms with Gasteiger partial charge in [0.15, 0.2) is 0 Å². The lowest BCUT2D eigenvalue weighted by molar-refractivity contribution is 0.0890. The van der Waals surface area contributed by atoms with Crippen molar-refractivity contribution in [3.63, 3.8) is 0 Å². The normalized spacial score (nSPS) is 15.9. The molecule has 100 valence electrons. The fraction of sp³-hybridized carbons (Fsp3) is 0.467. The van der Waals surface area contributed by atoms with Crippen molar-refractivity contribution in [2.45, 2.75) is 26.2 Å². The van der Waals surface area contributed by atoms with Gasteiger partial charge in [-0.3, -0.25) is 9.78 Å². The monoisotopic (exact) mass is 258 g/mol.